The van der Waals surface area contributed by atoms with Gasteiger partial charge < -0.3 is 4.74 Å². The molecule has 0 amide bonds. The minimum atomic E-state index is 0.666. The lowest BCUT2D eigenvalue weighted by Crippen LogP contribution is -1.85. The Bertz CT molecular complexity index is 171. The molecule has 0 fully saturated rings. The molecule has 1 aliphatic carbocycles. The van der Waals surface area contributed by atoms with Crippen LogP contribution in [0, 0.1) is 6.61 Å². The predicted octanol–water partition coefficient (Wildman–Crippen LogP) is 1.71. The van der Waals surface area contributed by atoms with Crippen molar-refractivity contribution in [3.05, 3.63) is 36.1 Å². The van der Waals surface area contributed by atoms with Crippen molar-refractivity contribution in [3.8, 4) is 0 Å². The minimum Gasteiger partial charge on any atom is -0.363 e. The fourth-order valence-corrected chi connectivity index (χ4v) is 0.544. The van der Waals surface area contributed by atoms with Crippen LogP contribution in [0.1, 0.15) is 6.92 Å². The molecule has 0 spiro atoms. The highest BCUT2D eigenvalue weighted by Crippen LogP contribution is 2.05. The third-order valence-electron chi connectivity index (χ3n) is 0.924. The van der Waals surface area contributed by atoms with Gasteiger partial charge in [0.1, 0.15) is 0 Å². The molecule has 46 valence electrons. The Hall–Kier alpha value is -0.780. The van der Waals surface area contributed by atoms with Gasteiger partial charge in [-0.1, -0.05) is 6.08 Å². The SMILES string of the molecule is CCO[C]C1=C=CC=C1. The summed E-state index contributed by atoms with van der Waals surface area (Å²) in [6.07, 6.45) is 5.64. The molecular formula is C8H8O. The van der Waals surface area contributed by atoms with Gasteiger partial charge in [0.2, 0.25) is 0 Å². The van der Waals surface area contributed by atoms with Crippen LogP contribution < -0.4 is 0 Å². The second kappa shape index (κ2) is 3.29. The Balaban J connectivity index is 2.29. The molecule has 0 aromatic carbocycles. The maximum absolute atomic E-state index is 4.90. The van der Waals surface area contributed by atoms with E-state index >= 15 is 0 Å². The molecule has 0 saturated carbocycles. The molecule has 9 heavy (non-hydrogen) atoms. The van der Waals surface area contributed by atoms with Crippen LogP contribution in [0.3, 0.4) is 0 Å². The second-order valence-electron chi connectivity index (χ2n) is 1.62. The molecule has 0 unspecified atom stereocenters. The van der Waals surface area contributed by atoms with E-state index in [1.807, 2.05) is 25.2 Å². The summed E-state index contributed by atoms with van der Waals surface area (Å²) in [5.41, 5.74) is 3.82. The third kappa shape index (κ3) is 1.88. The molecule has 2 radical (unpaired) electrons. The highest BCUT2D eigenvalue weighted by atomic mass is 16.5. The van der Waals surface area contributed by atoms with Gasteiger partial charge in [-0.3, -0.25) is 0 Å². The second-order valence-corrected chi connectivity index (χ2v) is 1.62. The zero-order valence-electron chi connectivity index (χ0n) is 5.35. The Morgan fingerprint density at radius 2 is 2.67 bits per heavy atom. The predicted molar refractivity (Wildman–Crippen MR) is 35.6 cm³/mol. The molecular weight excluding hydrogens is 112 g/mol. The summed E-state index contributed by atoms with van der Waals surface area (Å²) in [5.74, 6) is 0. The lowest BCUT2D eigenvalue weighted by atomic mass is 10.3. The van der Waals surface area contributed by atoms with E-state index in [2.05, 4.69) is 12.3 Å². The maximum atomic E-state index is 4.90. The number of allylic oxidation sites excluding steroid dienone is 1. The van der Waals surface area contributed by atoms with Crippen LogP contribution >= 0.6 is 0 Å². The molecule has 0 aromatic heterocycles. The first-order valence-corrected chi connectivity index (χ1v) is 2.94. The summed E-state index contributed by atoms with van der Waals surface area (Å²) in [4.78, 5) is 0. The van der Waals surface area contributed by atoms with Gasteiger partial charge in [0.25, 0.3) is 0 Å². The normalized spacial score (nSPS) is 14.6. The van der Waals surface area contributed by atoms with Crippen molar-refractivity contribution in [2.45, 2.75) is 6.92 Å². The van der Waals surface area contributed by atoms with Gasteiger partial charge in [-0.25, -0.2) is 0 Å². The van der Waals surface area contributed by atoms with Crippen LogP contribution in [-0.2, 0) is 4.74 Å². The Morgan fingerprint density at radius 3 is 3.22 bits per heavy atom. The van der Waals surface area contributed by atoms with Crippen molar-refractivity contribution >= 4 is 0 Å². The smallest absolute Gasteiger partial charge is 0.174 e. The Kier molecular flexibility index (Phi) is 2.32. The molecule has 1 heteroatoms. The Morgan fingerprint density at radius 1 is 1.78 bits per heavy atom. The van der Waals surface area contributed by atoms with Crippen LogP contribution in [0.25, 0.3) is 0 Å². The van der Waals surface area contributed by atoms with Gasteiger partial charge in [0, 0.05) is 12.2 Å². The van der Waals surface area contributed by atoms with E-state index in [0.29, 0.717) is 6.61 Å². The third-order valence-corrected chi connectivity index (χ3v) is 0.924. The molecule has 0 heterocycles. The number of rotatable bonds is 3. The van der Waals surface area contributed by atoms with Crippen molar-refractivity contribution in [2.75, 3.05) is 6.61 Å². The quantitative estimate of drug-likeness (QED) is 0.515. The first kappa shape index (κ1) is 6.34. The van der Waals surface area contributed by atoms with E-state index in [1.165, 1.54) is 0 Å². The summed E-state index contributed by atoms with van der Waals surface area (Å²) in [7, 11) is 0. The van der Waals surface area contributed by atoms with Crippen LogP contribution in [0.15, 0.2) is 29.5 Å². The zero-order valence-corrected chi connectivity index (χ0v) is 5.35. The van der Waals surface area contributed by atoms with Crippen LogP contribution in [0.2, 0.25) is 0 Å². The van der Waals surface area contributed by atoms with E-state index in [1.54, 1.807) is 0 Å². The monoisotopic (exact) mass is 120 g/mol. The summed E-state index contributed by atoms with van der Waals surface area (Å²) >= 11 is 0. The Labute approximate surface area is 55.3 Å². The average molecular weight is 120 g/mol. The van der Waals surface area contributed by atoms with Crippen molar-refractivity contribution in [1.29, 1.82) is 0 Å². The lowest BCUT2D eigenvalue weighted by molar-refractivity contribution is 0.230. The molecule has 0 aliphatic heterocycles. The average Bonchev–Trinajstić information content (AvgIpc) is 2.34. The molecule has 0 aromatic rings. The van der Waals surface area contributed by atoms with Gasteiger partial charge in [-0.15, -0.1) is 5.73 Å². The molecule has 1 rings (SSSR count). The zero-order chi connectivity index (χ0) is 6.53. The molecule has 1 nitrogen and oxygen atoms in total. The van der Waals surface area contributed by atoms with E-state index in [0.717, 1.165) is 5.57 Å². The first-order valence-electron chi connectivity index (χ1n) is 2.94. The number of hydrogen-bond acceptors (Lipinski definition) is 1. The maximum Gasteiger partial charge on any atom is 0.174 e. The minimum absolute atomic E-state index is 0.666. The van der Waals surface area contributed by atoms with Gasteiger partial charge in [-0.05, 0) is 19.1 Å². The van der Waals surface area contributed by atoms with Gasteiger partial charge >= 0.3 is 0 Å². The molecule has 0 atom stereocenters. The van der Waals surface area contributed by atoms with E-state index < -0.39 is 0 Å². The standard InChI is InChI=1S/C8H8O/c1-2-9-7-8-5-3-4-6-8/h3-5H,2H2,1H3. The summed E-state index contributed by atoms with van der Waals surface area (Å²) in [5, 5.41) is 0. The largest absolute Gasteiger partial charge is 0.363 e. The number of ether oxygens (including phenoxy) is 1. The van der Waals surface area contributed by atoms with E-state index in [4.69, 9.17) is 4.74 Å². The fourth-order valence-electron chi connectivity index (χ4n) is 0.544. The van der Waals surface area contributed by atoms with Crippen molar-refractivity contribution in [3.63, 3.8) is 0 Å². The lowest BCUT2D eigenvalue weighted by Gasteiger charge is -1.92. The topological polar surface area (TPSA) is 9.23 Å². The van der Waals surface area contributed by atoms with E-state index in [-0.39, 0.29) is 0 Å². The molecule has 0 N–H and O–H groups in total. The van der Waals surface area contributed by atoms with Crippen LogP contribution in [-0.4, -0.2) is 6.61 Å². The molecule has 1 aliphatic rings. The molecule has 0 bridgehead atoms. The summed E-state index contributed by atoms with van der Waals surface area (Å²) in [6.45, 7) is 5.31. The van der Waals surface area contributed by atoms with Gasteiger partial charge in [-0.2, -0.15) is 0 Å². The molecule has 0 saturated heterocycles. The highest BCUT2D eigenvalue weighted by Gasteiger charge is 1.94. The number of hydrogen-bond donors (Lipinski definition) is 0. The van der Waals surface area contributed by atoms with Crippen molar-refractivity contribution in [1.82, 2.24) is 0 Å². The first-order chi connectivity index (χ1) is 4.43. The van der Waals surface area contributed by atoms with Crippen LogP contribution in [0.4, 0.5) is 0 Å². The van der Waals surface area contributed by atoms with Gasteiger partial charge in [0.15, 0.2) is 6.61 Å². The van der Waals surface area contributed by atoms with Crippen LogP contribution in [0.5, 0.6) is 0 Å². The van der Waals surface area contributed by atoms with Crippen molar-refractivity contribution < 1.29 is 4.74 Å². The van der Waals surface area contributed by atoms with Gasteiger partial charge in [0.05, 0.1) is 0 Å². The highest BCUT2D eigenvalue weighted by molar-refractivity contribution is 5.32. The van der Waals surface area contributed by atoms with E-state index in [9.17, 15) is 0 Å². The summed E-state index contributed by atoms with van der Waals surface area (Å²) in [6, 6.07) is 0. The summed E-state index contributed by atoms with van der Waals surface area (Å²) < 4.78 is 4.90. The van der Waals surface area contributed by atoms with Crippen molar-refractivity contribution in [2.24, 2.45) is 0 Å². The fraction of sp³-hybridized carbons (Fsp3) is 0.250.